The van der Waals surface area contributed by atoms with E-state index in [2.05, 4.69) is 0 Å². The second-order valence-corrected chi connectivity index (χ2v) is 11.5. The molecule has 4 aromatic carbocycles. The molecule has 240 valence electrons. The second kappa shape index (κ2) is 15.6. The minimum Gasteiger partial charge on any atom is -0.488 e. The molecule has 0 fully saturated rings. The number of hydrogen-bond donors (Lipinski definition) is 0. The Morgan fingerprint density at radius 3 is 1.37 bits per heavy atom. The number of esters is 2. The monoisotopic (exact) mass is 625 g/mol. The number of amides is 1. The van der Waals surface area contributed by atoms with Crippen molar-refractivity contribution in [3.8, 4) is 11.5 Å². The summed E-state index contributed by atoms with van der Waals surface area (Å²) in [5.41, 5.74) is 3.06. The molecule has 0 N–H and O–H groups in total. The van der Waals surface area contributed by atoms with Crippen LogP contribution in [0.3, 0.4) is 0 Å². The molecule has 46 heavy (non-hydrogen) atoms. The van der Waals surface area contributed by atoms with Crippen molar-refractivity contribution in [3.05, 3.63) is 130 Å². The molecule has 0 aliphatic heterocycles. The van der Waals surface area contributed by atoms with E-state index in [0.717, 1.165) is 11.1 Å². The van der Waals surface area contributed by atoms with Gasteiger partial charge in [0, 0.05) is 13.1 Å². The molecule has 0 spiro atoms. The molecule has 0 unspecified atom stereocenters. The van der Waals surface area contributed by atoms with Crippen LogP contribution in [0.25, 0.3) is 0 Å². The molecule has 0 saturated carbocycles. The summed E-state index contributed by atoms with van der Waals surface area (Å²) in [7, 11) is 2.62. The second-order valence-electron chi connectivity index (χ2n) is 11.5. The summed E-state index contributed by atoms with van der Waals surface area (Å²) in [6, 6.07) is 29.3. The molecule has 0 heterocycles. The first-order chi connectivity index (χ1) is 22.1. The maximum absolute atomic E-state index is 13.5. The number of hydrogen-bond acceptors (Lipinski definition) is 8. The van der Waals surface area contributed by atoms with Gasteiger partial charge in [0.05, 0.1) is 14.2 Å². The molecule has 0 bridgehead atoms. The van der Waals surface area contributed by atoms with Crippen LogP contribution in [0.2, 0.25) is 0 Å². The fourth-order valence-corrected chi connectivity index (χ4v) is 4.55. The highest BCUT2D eigenvalue weighted by atomic mass is 16.6. The van der Waals surface area contributed by atoms with Gasteiger partial charge in [0.1, 0.15) is 41.4 Å². The van der Waals surface area contributed by atoms with Gasteiger partial charge in [0.25, 0.3) is 0 Å². The van der Waals surface area contributed by atoms with Crippen LogP contribution in [0.1, 0.15) is 63.7 Å². The lowest BCUT2D eigenvalue weighted by Gasteiger charge is -2.28. The van der Waals surface area contributed by atoms with Crippen LogP contribution in [0.4, 0.5) is 4.79 Å². The van der Waals surface area contributed by atoms with E-state index in [1.165, 1.54) is 19.1 Å². The highest BCUT2D eigenvalue weighted by Gasteiger charge is 2.25. The molecule has 0 saturated heterocycles. The zero-order chi connectivity index (χ0) is 33.1. The predicted molar refractivity (Wildman–Crippen MR) is 173 cm³/mol. The number of nitrogens with zero attached hydrogens (tertiary/aromatic N) is 1. The van der Waals surface area contributed by atoms with Crippen LogP contribution >= 0.6 is 0 Å². The maximum atomic E-state index is 13.5. The Bertz CT molecular complexity index is 1520. The van der Waals surface area contributed by atoms with Crippen LogP contribution in [0.15, 0.2) is 97.1 Å². The number of carbonyl (C=O) groups excluding carboxylic acids is 3. The van der Waals surface area contributed by atoms with Crippen molar-refractivity contribution in [2.45, 2.75) is 52.7 Å². The average Bonchev–Trinajstić information content (AvgIpc) is 3.05. The van der Waals surface area contributed by atoms with E-state index in [1.54, 1.807) is 57.2 Å². The lowest BCUT2D eigenvalue weighted by Crippen LogP contribution is -2.36. The van der Waals surface area contributed by atoms with E-state index in [4.69, 9.17) is 23.7 Å². The van der Waals surface area contributed by atoms with Gasteiger partial charge in [0.15, 0.2) is 0 Å². The lowest BCUT2D eigenvalue weighted by atomic mass is 10.1. The zero-order valence-electron chi connectivity index (χ0n) is 26.8. The van der Waals surface area contributed by atoms with E-state index in [0.29, 0.717) is 22.6 Å². The topological polar surface area (TPSA) is 101 Å². The number of benzene rings is 4. The molecular weight excluding hydrogens is 586 g/mol. The normalized spacial score (nSPS) is 10.9. The molecule has 0 atom stereocenters. The predicted octanol–water partition coefficient (Wildman–Crippen LogP) is 7.36. The molecule has 4 rings (SSSR count). The number of methoxy groups -OCH3 is 2. The van der Waals surface area contributed by atoms with E-state index < -0.39 is 23.6 Å². The third-order valence-electron chi connectivity index (χ3n) is 6.78. The van der Waals surface area contributed by atoms with Crippen molar-refractivity contribution in [3.63, 3.8) is 0 Å². The van der Waals surface area contributed by atoms with Gasteiger partial charge in [-0.2, -0.15) is 0 Å². The highest BCUT2D eigenvalue weighted by Crippen LogP contribution is 2.27. The number of ether oxygens (including phenoxy) is 5. The van der Waals surface area contributed by atoms with Crippen LogP contribution in [-0.2, 0) is 40.5 Å². The summed E-state index contributed by atoms with van der Waals surface area (Å²) < 4.78 is 27.8. The summed E-state index contributed by atoms with van der Waals surface area (Å²) in [4.78, 5) is 40.1. The average molecular weight is 626 g/mol. The van der Waals surface area contributed by atoms with Crippen molar-refractivity contribution in [2.24, 2.45) is 0 Å². The fraction of sp³-hybridized carbons (Fsp3) is 0.270. The summed E-state index contributed by atoms with van der Waals surface area (Å²) in [6.07, 6.45) is -0.542. The van der Waals surface area contributed by atoms with Crippen LogP contribution < -0.4 is 9.47 Å². The van der Waals surface area contributed by atoms with Gasteiger partial charge in [-0.25, -0.2) is 14.4 Å². The SMILES string of the molecule is COC(=O)c1ccc(CN(Cc2ccc(C(=O)OC)c(OCc3ccccc3)c2)C(=O)OC(C)(C)C)cc1OCc1ccccc1. The van der Waals surface area contributed by atoms with Gasteiger partial charge < -0.3 is 23.7 Å². The Morgan fingerprint density at radius 1 is 0.587 bits per heavy atom. The van der Waals surface area contributed by atoms with Crippen molar-refractivity contribution >= 4 is 18.0 Å². The smallest absolute Gasteiger partial charge is 0.410 e. The summed E-state index contributed by atoms with van der Waals surface area (Å²) in [6.45, 7) is 6.14. The molecule has 9 nitrogen and oxygen atoms in total. The van der Waals surface area contributed by atoms with Crippen molar-refractivity contribution in [1.29, 1.82) is 0 Å². The van der Waals surface area contributed by atoms with E-state index in [-0.39, 0.29) is 37.4 Å². The van der Waals surface area contributed by atoms with Gasteiger partial charge in [-0.3, -0.25) is 4.90 Å². The number of rotatable bonds is 12. The van der Waals surface area contributed by atoms with Gasteiger partial charge in [-0.1, -0.05) is 72.8 Å². The van der Waals surface area contributed by atoms with Gasteiger partial charge >= 0.3 is 18.0 Å². The Labute approximate surface area is 269 Å². The van der Waals surface area contributed by atoms with Crippen molar-refractivity contribution in [2.75, 3.05) is 14.2 Å². The summed E-state index contributed by atoms with van der Waals surface area (Å²) in [5, 5.41) is 0. The van der Waals surface area contributed by atoms with E-state index in [9.17, 15) is 14.4 Å². The molecule has 1 amide bonds. The summed E-state index contributed by atoms with van der Waals surface area (Å²) in [5.74, 6) is -0.410. The lowest BCUT2D eigenvalue weighted by molar-refractivity contribution is 0.0215. The highest BCUT2D eigenvalue weighted by molar-refractivity contribution is 5.93. The first kappa shape index (κ1) is 33.6. The quantitative estimate of drug-likeness (QED) is 0.119. The molecule has 4 aromatic rings. The van der Waals surface area contributed by atoms with Crippen molar-refractivity contribution < 1.29 is 38.1 Å². The van der Waals surface area contributed by atoms with Crippen LogP contribution in [-0.4, -0.2) is 42.8 Å². The molecule has 0 aliphatic rings. The molecule has 0 aromatic heterocycles. The Morgan fingerprint density at radius 2 is 1.00 bits per heavy atom. The van der Waals surface area contributed by atoms with Crippen LogP contribution in [0.5, 0.6) is 11.5 Å². The van der Waals surface area contributed by atoms with Gasteiger partial charge in [0.2, 0.25) is 0 Å². The third kappa shape index (κ3) is 9.59. The van der Waals surface area contributed by atoms with Crippen molar-refractivity contribution in [1.82, 2.24) is 4.90 Å². The van der Waals surface area contributed by atoms with Crippen LogP contribution in [0, 0.1) is 0 Å². The minimum atomic E-state index is -0.743. The first-order valence-corrected chi connectivity index (χ1v) is 14.8. The molecule has 0 aliphatic carbocycles. The van der Waals surface area contributed by atoms with E-state index >= 15 is 0 Å². The third-order valence-corrected chi connectivity index (χ3v) is 6.78. The molecule has 0 radical (unpaired) electrons. The minimum absolute atomic E-state index is 0.136. The van der Waals surface area contributed by atoms with Gasteiger partial charge in [-0.05, 0) is 67.3 Å². The molecular formula is C37H39NO8. The Balaban J connectivity index is 1.63. The fourth-order valence-electron chi connectivity index (χ4n) is 4.55. The first-order valence-electron chi connectivity index (χ1n) is 14.8. The van der Waals surface area contributed by atoms with Gasteiger partial charge in [-0.15, -0.1) is 0 Å². The zero-order valence-corrected chi connectivity index (χ0v) is 26.8. The van der Waals surface area contributed by atoms with E-state index in [1.807, 2.05) is 60.7 Å². The largest absolute Gasteiger partial charge is 0.488 e. The Hall–Kier alpha value is -5.31. The standard InChI is InChI=1S/C37H39NO8/c1-37(2,3)46-36(41)38(22-28-16-18-30(34(39)42-4)32(20-28)44-24-26-12-8-6-9-13-26)23-29-17-19-31(35(40)43-5)33(21-29)45-25-27-14-10-7-11-15-27/h6-21H,22-25H2,1-5H3. The Kier molecular flexibility index (Phi) is 11.4. The maximum Gasteiger partial charge on any atom is 0.410 e. The number of carbonyl (C=O) groups is 3. The summed E-state index contributed by atoms with van der Waals surface area (Å²) >= 11 is 0. The molecule has 9 heteroatoms.